The molecular formula is C13H16N4O. The number of nitrogen functional groups attached to an aromatic ring is 1. The number of rotatable bonds is 2. The largest absolute Gasteiger partial charge is 0.407 e. The van der Waals surface area contributed by atoms with E-state index in [0.717, 1.165) is 25.9 Å². The van der Waals surface area contributed by atoms with Crippen LogP contribution in [-0.2, 0) is 5.41 Å². The summed E-state index contributed by atoms with van der Waals surface area (Å²) in [5.74, 6) is 0.632. The number of aromatic nitrogens is 2. The second kappa shape index (κ2) is 4.42. The van der Waals surface area contributed by atoms with Gasteiger partial charge in [0.1, 0.15) is 0 Å². The van der Waals surface area contributed by atoms with Crippen molar-refractivity contribution in [3.63, 3.8) is 0 Å². The van der Waals surface area contributed by atoms with Crippen LogP contribution < -0.4 is 11.1 Å². The van der Waals surface area contributed by atoms with E-state index in [-0.39, 0.29) is 11.4 Å². The van der Waals surface area contributed by atoms with Crippen LogP contribution in [0.25, 0.3) is 0 Å². The number of nitrogens with two attached hydrogens (primary N) is 1. The minimum absolute atomic E-state index is 0.138. The number of nitrogens with zero attached hydrogens (tertiary/aromatic N) is 2. The molecule has 94 valence electrons. The predicted molar refractivity (Wildman–Crippen MR) is 68.0 cm³/mol. The van der Waals surface area contributed by atoms with Crippen molar-refractivity contribution in [2.24, 2.45) is 0 Å². The molecule has 0 unspecified atom stereocenters. The van der Waals surface area contributed by atoms with Crippen molar-refractivity contribution >= 4 is 6.01 Å². The molecule has 0 saturated carbocycles. The second-order valence-corrected chi connectivity index (χ2v) is 4.64. The standard InChI is InChI=1S/C13H16N4O/c14-12-17-16-11(18-12)13(6-8-15-9-7-13)10-4-2-1-3-5-10/h1-5,15H,6-9H2,(H2,14,17). The minimum Gasteiger partial charge on any atom is -0.407 e. The fourth-order valence-corrected chi connectivity index (χ4v) is 2.66. The van der Waals surface area contributed by atoms with Crippen LogP contribution in [-0.4, -0.2) is 23.3 Å². The Morgan fingerprint density at radius 1 is 1.11 bits per heavy atom. The molecule has 1 aromatic heterocycles. The van der Waals surface area contributed by atoms with Crippen LogP contribution >= 0.6 is 0 Å². The molecule has 18 heavy (non-hydrogen) atoms. The third-order valence-electron chi connectivity index (χ3n) is 3.63. The highest BCUT2D eigenvalue weighted by molar-refractivity contribution is 5.33. The molecule has 0 aliphatic carbocycles. The van der Waals surface area contributed by atoms with Gasteiger partial charge in [-0.2, -0.15) is 0 Å². The fraction of sp³-hybridized carbons (Fsp3) is 0.385. The molecule has 5 heteroatoms. The van der Waals surface area contributed by atoms with E-state index in [0.29, 0.717) is 5.89 Å². The van der Waals surface area contributed by atoms with Gasteiger partial charge in [-0.25, -0.2) is 0 Å². The van der Waals surface area contributed by atoms with E-state index in [4.69, 9.17) is 10.2 Å². The van der Waals surface area contributed by atoms with E-state index in [2.05, 4.69) is 27.6 Å². The molecule has 1 aliphatic rings. The monoisotopic (exact) mass is 244 g/mol. The normalized spacial score (nSPS) is 18.7. The lowest BCUT2D eigenvalue weighted by molar-refractivity contribution is 0.295. The number of piperidine rings is 1. The van der Waals surface area contributed by atoms with Gasteiger partial charge in [0.2, 0.25) is 5.89 Å². The molecule has 0 spiro atoms. The van der Waals surface area contributed by atoms with Gasteiger partial charge in [-0.1, -0.05) is 35.4 Å². The topological polar surface area (TPSA) is 77.0 Å². The molecule has 3 N–H and O–H groups in total. The quantitative estimate of drug-likeness (QED) is 0.833. The molecule has 0 bridgehead atoms. The third kappa shape index (κ3) is 1.76. The molecule has 5 nitrogen and oxygen atoms in total. The van der Waals surface area contributed by atoms with Crippen molar-refractivity contribution in [3.05, 3.63) is 41.8 Å². The Balaban J connectivity index is 2.09. The number of hydrogen-bond donors (Lipinski definition) is 2. The van der Waals surface area contributed by atoms with E-state index in [1.165, 1.54) is 5.56 Å². The van der Waals surface area contributed by atoms with Crippen molar-refractivity contribution in [3.8, 4) is 0 Å². The van der Waals surface area contributed by atoms with E-state index in [1.807, 2.05) is 18.2 Å². The van der Waals surface area contributed by atoms with Gasteiger partial charge in [-0.15, -0.1) is 5.10 Å². The first kappa shape index (κ1) is 11.2. The zero-order valence-electron chi connectivity index (χ0n) is 10.1. The average Bonchev–Trinajstić information content (AvgIpc) is 2.88. The van der Waals surface area contributed by atoms with Crippen molar-refractivity contribution in [1.29, 1.82) is 0 Å². The van der Waals surface area contributed by atoms with E-state index < -0.39 is 0 Å². The van der Waals surface area contributed by atoms with Crippen molar-refractivity contribution in [2.75, 3.05) is 18.8 Å². The Kier molecular flexibility index (Phi) is 2.76. The van der Waals surface area contributed by atoms with Gasteiger partial charge >= 0.3 is 6.01 Å². The van der Waals surface area contributed by atoms with Crippen molar-refractivity contribution in [1.82, 2.24) is 15.5 Å². The van der Waals surface area contributed by atoms with Gasteiger partial charge in [0.15, 0.2) is 0 Å². The summed E-state index contributed by atoms with van der Waals surface area (Å²) >= 11 is 0. The van der Waals surface area contributed by atoms with Crippen LogP contribution in [0.2, 0.25) is 0 Å². The SMILES string of the molecule is Nc1nnc(C2(c3ccccc3)CCNCC2)o1. The lowest BCUT2D eigenvalue weighted by atomic mass is 9.73. The molecule has 0 amide bonds. The molecule has 1 saturated heterocycles. The summed E-state index contributed by atoms with van der Waals surface area (Å²) in [6, 6.07) is 10.5. The van der Waals surface area contributed by atoms with Gasteiger partial charge in [0.05, 0.1) is 5.41 Å². The Hall–Kier alpha value is -1.88. The third-order valence-corrected chi connectivity index (χ3v) is 3.63. The van der Waals surface area contributed by atoms with Crippen molar-refractivity contribution in [2.45, 2.75) is 18.3 Å². The molecule has 1 aliphatic heterocycles. The van der Waals surface area contributed by atoms with E-state index >= 15 is 0 Å². The summed E-state index contributed by atoms with van der Waals surface area (Å²) in [7, 11) is 0. The summed E-state index contributed by atoms with van der Waals surface area (Å²) in [5.41, 5.74) is 6.59. The summed E-state index contributed by atoms with van der Waals surface area (Å²) in [6.45, 7) is 1.88. The van der Waals surface area contributed by atoms with Crippen LogP contribution in [0.15, 0.2) is 34.7 Å². The molecular weight excluding hydrogens is 228 g/mol. The fourth-order valence-electron chi connectivity index (χ4n) is 2.66. The van der Waals surface area contributed by atoms with Gasteiger partial charge in [-0.05, 0) is 31.5 Å². The van der Waals surface area contributed by atoms with Crippen LogP contribution in [0.3, 0.4) is 0 Å². The maximum Gasteiger partial charge on any atom is 0.312 e. The Morgan fingerprint density at radius 3 is 2.44 bits per heavy atom. The number of nitrogens with one attached hydrogen (secondary N) is 1. The van der Waals surface area contributed by atoms with Crippen molar-refractivity contribution < 1.29 is 4.42 Å². The summed E-state index contributed by atoms with van der Waals surface area (Å²) in [5, 5.41) is 11.3. The summed E-state index contributed by atoms with van der Waals surface area (Å²) < 4.78 is 5.51. The number of benzene rings is 1. The molecule has 2 aromatic rings. The van der Waals surface area contributed by atoms with Gasteiger partial charge < -0.3 is 15.5 Å². The van der Waals surface area contributed by atoms with E-state index in [9.17, 15) is 0 Å². The van der Waals surface area contributed by atoms with Gasteiger partial charge in [0, 0.05) is 0 Å². The summed E-state index contributed by atoms with van der Waals surface area (Å²) in [4.78, 5) is 0. The zero-order chi connectivity index (χ0) is 12.4. The Labute approximate surface area is 105 Å². The maximum absolute atomic E-state index is 5.57. The van der Waals surface area contributed by atoms with Crippen LogP contribution in [0.1, 0.15) is 24.3 Å². The molecule has 0 atom stereocenters. The van der Waals surface area contributed by atoms with Gasteiger partial charge in [-0.3, -0.25) is 0 Å². The lowest BCUT2D eigenvalue weighted by Gasteiger charge is -2.34. The number of anilines is 1. The lowest BCUT2D eigenvalue weighted by Crippen LogP contribution is -2.41. The first-order chi connectivity index (χ1) is 8.81. The smallest absolute Gasteiger partial charge is 0.312 e. The average molecular weight is 244 g/mol. The Bertz CT molecular complexity index is 517. The number of hydrogen-bond acceptors (Lipinski definition) is 5. The maximum atomic E-state index is 5.57. The first-order valence-corrected chi connectivity index (χ1v) is 6.17. The summed E-state index contributed by atoms with van der Waals surface area (Å²) in [6.07, 6.45) is 1.89. The highest BCUT2D eigenvalue weighted by Crippen LogP contribution is 2.39. The van der Waals surface area contributed by atoms with Gasteiger partial charge in [0.25, 0.3) is 0 Å². The Morgan fingerprint density at radius 2 is 1.83 bits per heavy atom. The highest BCUT2D eigenvalue weighted by atomic mass is 16.4. The molecule has 1 fully saturated rings. The van der Waals surface area contributed by atoms with Crippen LogP contribution in [0.4, 0.5) is 6.01 Å². The molecule has 0 radical (unpaired) electrons. The molecule has 1 aromatic carbocycles. The molecule has 2 heterocycles. The van der Waals surface area contributed by atoms with Crippen LogP contribution in [0.5, 0.6) is 0 Å². The first-order valence-electron chi connectivity index (χ1n) is 6.17. The minimum atomic E-state index is -0.197. The predicted octanol–water partition coefficient (Wildman–Crippen LogP) is 1.32. The molecule has 3 rings (SSSR count). The zero-order valence-corrected chi connectivity index (χ0v) is 10.1. The second-order valence-electron chi connectivity index (χ2n) is 4.64. The highest BCUT2D eigenvalue weighted by Gasteiger charge is 2.40. The van der Waals surface area contributed by atoms with E-state index in [1.54, 1.807) is 0 Å². The van der Waals surface area contributed by atoms with Crippen LogP contribution in [0, 0.1) is 0 Å².